The summed E-state index contributed by atoms with van der Waals surface area (Å²) in [5, 5.41) is 0. The molecule has 0 bridgehead atoms. The van der Waals surface area contributed by atoms with E-state index in [-0.39, 0.29) is 17.2 Å². The molecule has 6 heteroatoms. The average Bonchev–Trinajstić information content (AvgIpc) is 3.07. The van der Waals surface area contributed by atoms with E-state index in [9.17, 15) is 9.59 Å². The number of amides is 2. The fourth-order valence-corrected chi connectivity index (χ4v) is 4.74. The average molecular weight is 342 g/mol. The fraction of sp³-hybridized carbons (Fsp3) is 0.684. The summed E-state index contributed by atoms with van der Waals surface area (Å²) in [5.41, 5.74) is -0.00131. The van der Waals surface area contributed by atoms with Crippen LogP contribution in [0.15, 0.2) is 18.5 Å². The Hall–Kier alpha value is -1.98. The normalized spacial score (nSPS) is 24.3. The number of aromatic nitrogens is 2. The Balaban J connectivity index is 1.33. The molecule has 0 aromatic carbocycles. The standard InChI is InChI=1S/C19H26N4O2/c24-16-12-19(6-1-2-7-19)13-17(25)23(16)14-15-4-10-22(11-5-15)18-20-8-3-9-21-18/h3,8-9,15H,1-2,4-7,10-14H2. The number of anilines is 1. The van der Waals surface area contributed by atoms with E-state index in [0.29, 0.717) is 25.3 Å². The molecule has 0 atom stereocenters. The van der Waals surface area contributed by atoms with Gasteiger partial charge in [0, 0.05) is 44.9 Å². The Kier molecular flexibility index (Phi) is 4.44. The first kappa shape index (κ1) is 16.5. The van der Waals surface area contributed by atoms with Gasteiger partial charge < -0.3 is 4.90 Å². The highest BCUT2D eigenvalue weighted by Crippen LogP contribution is 2.47. The number of piperidine rings is 2. The first-order chi connectivity index (χ1) is 12.2. The van der Waals surface area contributed by atoms with Crippen molar-refractivity contribution in [3.05, 3.63) is 18.5 Å². The summed E-state index contributed by atoms with van der Waals surface area (Å²) in [6, 6.07) is 1.82. The van der Waals surface area contributed by atoms with Crippen molar-refractivity contribution >= 4 is 17.8 Å². The Morgan fingerprint density at radius 1 is 1.00 bits per heavy atom. The van der Waals surface area contributed by atoms with Gasteiger partial charge >= 0.3 is 0 Å². The zero-order valence-electron chi connectivity index (χ0n) is 14.7. The maximum absolute atomic E-state index is 12.6. The van der Waals surface area contributed by atoms with Crippen LogP contribution in [-0.2, 0) is 9.59 Å². The molecule has 4 rings (SSSR count). The molecule has 6 nitrogen and oxygen atoms in total. The van der Waals surface area contributed by atoms with Gasteiger partial charge in [0.15, 0.2) is 0 Å². The van der Waals surface area contributed by atoms with Crippen molar-refractivity contribution < 1.29 is 9.59 Å². The van der Waals surface area contributed by atoms with Crippen molar-refractivity contribution in [2.45, 2.75) is 51.4 Å². The summed E-state index contributed by atoms with van der Waals surface area (Å²) in [6.45, 7) is 2.36. The molecule has 2 amide bonds. The van der Waals surface area contributed by atoms with Gasteiger partial charge in [-0.2, -0.15) is 0 Å². The second-order valence-electron chi connectivity index (χ2n) is 7.94. The van der Waals surface area contributed by atoms with Gasteiger partial charge in [-0.15, -0.1) is 0 Å². The van der Waals surface area contributed by atoms with Gasteiger partial charge in [0.2, 0.25) is 17.8 Å². The minimum absolute atomic E-state index is 0.00131. The molecular formula is C19H26N4O2. The van der Waals surface area contributed by atoms with E-state index in [1.165, 1.54) is 12.8 Å². The molecule has 2 aliphatic heterocycles. The number of imide groups is 1. The lowest BCUT2D eigenvalue weighted by Crippen LogP contribution is -2.50. The van der Waals surface area contributed by atoms with E-state index in [0.717, 1.165) is 44.7 Å². The van der Waals surface area contributed by atoms with Crippen molar-refractivity contribution in [3.8, 4) is 0 Å². The molecule has 25 heavy (non-hydrogen) atoms. The third-order valence-corrected chi connectivity index (χ3v) is 6.21. The quantitative estimate of drug-likeness (QED) is 0.789. The van der Waals surface area contributed by atoms with Crippen LogP contribution in [-0.4, -0.2) is 46.3 Å². The lowest BCUT2D eigenvalue weighted by molar-refractivity contribution is -0.154. The number of hydrogen-bond donors (Lipinski definition) is 0. The molecule has 3 fully saturated rings. The molecule has 0 unspecified atom stereocenters. The van der Waals surface area contributed by atoms with Crippen molar-refractivity contribution in [2.24, 2.45) is 11.3 Å². The summed E-state index contributed by atoms with van der Waals surface area (Å²) in [4.78, 5) is 37.6. The van der Waals surface area contributed by atoms with Gasteiger partial charge in [0.05, 0.1) is 0 Å². The van der Waals surface area contributed by atoms with Gasteiger partial charge in [-0.05, 0) is 43.1 Å². The Morgan fingerprint density at radius 3 is 2.20 bits per heavy atom. The molecular weight excluding hydrogens is 316 g/mol. The maximum Gasteiger partial charge on any atom is 0.229 e. The molecule has 134 valence electrons. The summed E-state index contributed by atoms with van der Waals surface area (Å²) >= 11 is 0. The third-order valence-electron chi connectivity index (χ3n) is 6.21. The lowest BCUT2D eigenvalue weighted by Gasteiger charge is -2.40. The van der Waals surface area contributed by atoms with Gasteiger partial charge in [-0.3, -0.25) is 14.5 Å². The highest BCUT2D eigenvalue weighted by atomic mass is 16.2. The van der Waals surface area contributed by atoms with Crippen LogP contribution in [0.2, 0.25) is 0 Å². The minimum atomic E-state index is -0.00131. The molecule has 2 saturated heterocycles. The number of hydrogen-bond acceptors (Lipinski definition) is 5. The second-order valence-corrected chi connectivity index (χ2v) is 7.94. The van der Waals surface area contributed by atoms with E-state index >= 15 is 0 Å². The van der Waals surface area contributed by atoms with Crippen LogP contribution in [0.1, 0.15) is 51.4 Å². The minimum Gasteiger partial charge on any atom is -0.341 e. The number of nitrogens with zero attached hydrogens (tertiary/aromatic N) is 4. The SMILES string of the molecule is O=C1CC2(CCCC2)CC(=O)N1CC1CCN(c2ncccn2)CC1. The molecule has 0 N–H and O–H groups in total. The highest BCUT2D eigenvalue weighted by Gasteiger charge is 2.45. The predicted octanol–water partition coefficient (Wildman–Crippen LogP) is 2.40. The first-order valence-corrected chi connectivity index (χ1v) is 9.50. The smallest absolute Gasteiger partial charge is 0.229 e. The summed E-state index contributed by atoms with van der Waals surface area (Å²) in [7, 11) is 0. The summed E-state index contributed by atoms with van der Waals surface area (Å²) in [6.07, 6.45) is 11.1. The zero-order chi connectivity index (χ0) is 17.3. The summed E-state index contributed by atoms with van der Waals surface area (Å²) in [5.74, 6) is 1.29. The van der Waals surface area contributed by atoms with Crippen LogP contribution in [0, 0.1) is 11.3 Å². The van der Waals surface area contributed by atoms with Crippen molar-refractivity contribution in [1.82, 2.24) is 14.9 Å². The Labute approximate surface area is 148 Å². The van der Waals surface area contributed by atoms with E-state index in [2.05, 4.69) is 14.9 Å². The zero-order valence-corrected chi connectivity index (χ0v) is 14.7. The van der Waals surface area contributed by atoms with Gasteiger partial charge in [0.25, 0.3) is 0 Å². The van der Waals surface area contributed by atoms with Crippen molar-refractivity contribution in [2.75, 3.05) is 24.5 Å². The monoisotopic (exact) mass is 342 g/mol. The lowest BCUT2D eigenvalue weighted by atomic mass is 9.76. The number of carbonyl (C=O) groups excluding carboxylic acids is 2. The highest BCUT2D eigenvalue weighted by molar-refractivity contribution is 5.98. The van der Waals surface area contributed by atoms with Gasteiger partial charge in [-0.1, -0.05) is 12.8 Å². The Morgan fingerprint density at radius 2 is 1.60 bits per heavy atom. The molecule has 1 aromatic rings. The van der Waals surface area contributed by atoms with Gasteiger partial charge in [0.1, 0.15) is 0 Å². The first-order valence-electron chi connectivity index (χ1n) is 9.50. The Bertz CT molecular complexity index is 614. The molecule has 1 saturated carbocycles. The van der Waals surface area contributed by atoms with Crippen molar-refractivity contribution in [3.63, 3.8) is 0 Å². The number of likely N-dealkylation sites (tertiary alicyclic amines) is 1. The van der Waals surface area contributed by atoms with Crippen LogP contribution < -0.4 is 4.90 Å². The fourth-order valence-electron chi connectivity index (χ4n) is 4.74. The molecule has 0 radical (unpaired) electrons. The largest absolute Gasteiger partial charge is 0.341 e. The van der Waals surface area contributed by atoms with Crippen molar-refractivity contribution in [1.29, 1.82) is 0 Å². The van der Waals surface area contributed by atoms with Crippen LogP contribution in [0.5, 0.6) is 0 Å². The van der Waals surface area contributed by atoms with Gasteiger partial charge in [-0.25, -0.2) is 9.97 Å². The molecule has 1 aliphatic carbocycles. The molecule has 1 aromatic heterocycles. The predicted molar refractivity (Wildman–Crippen MR) is 93.8 cm³/mol. The van der Waals surface area contributed by atoms with E-state index < -0.39 is 0 Å². The van der Waals surface area contributed by atoms with Crippen LogP contribution in [0.25, 0.3) is 0 Å². The van der Waals surface area contributed by atoms with Crippen LogP contribution in [0.4, 0.5) is 5.95 Å². The molecule has 3 heterocycles. The van der Waals surface area contributed by atoms with E-state index in [4.69, 9.17) is 0 Å². The van der Waals surface area contributed by atoms with Crippen LogP contribution >= 0.6 is 0 Å². The molecule has 1 spiro atoms. The number of carbonyl (C=O) groups is 2. The molecule has 3 aliphatic rings. The topological polar surface area (TPSA) is 66.4 Å². The summed E-state index contributed by atoms with van der Waals surface area (Å²) < 4.78 is 0. The maximum atomic E-state index is 12.6. The van der Waals surface area contributed by atoms with Crippen LogP contribution in [0.3, 0.4) is 0 Å². The van der Waals surface area contributed by atoms with E-state index in [1.54, 1.807) is 17.3 Å². The van der Waals surface area contributed by atoms with E-state index in [1.807, 2.05) is 6.07 Å². The number of rotatable bonds is 3. The third kappa shape index (κ3) is 3.39. The second kappa shape index (κ2) is 6.73.